The van der Waals surface area contributed by atoms with Gasteiger partial charge in [-0.3, -0.25) is 4.79 Å². The lowest BCUT2D eigenvalue weighted by molar-refractivity contribution is -0.116. The third-order valence-electron chi connectivity index (χ3n) is 2.90. The summed E-state index contributed by atoms with van der Waals surface area (Å²) in [5.41, 5.74) is 0.761. The second-order valence-corrected chi connectivity index (χ2v) is 5.00. The second kappa shape index (κ2) is 9.37. The maximum atomic E-state index is 11.8. The Balaban J connectivity index is 2.53. The number of hydrogen-bond donors (Lipinski definition) is 2. The van der Waals surface area contributed by atoms with Crippen molar-refractivity contribution in [2.75, 3.05) is 25.5 Å². The molecule has 5 nitrogen and oxygen atoms in total. The standard InChI is InChI=1S/C15H21ClN2O3/c1-3-4-8-17-9-7-14(19)18-13-10-11(15(20)21-2)5-6-12(13)16/h5-6,10,17H,3-4,7-9H2,1-2H3,(H,18,19). The number of ether oxygens (including phenoxy) is 1. The van der Waals surface area contributed by atoms with Gasteiger partial charge in [0.25, 0.3) is 0 Å². The highest BCUT2D eigenvalue weighted by molar-refractivity contribution is 6.33. The SMILES string of the molecule is CCCCNCCC(=O)Nc1cc(C(=O)OC)ccc1Cl. The number of esters is 1. The van der Waals surface area contributed by atoms with Gasteiger partial charge in [-0.05, 0) is 31.2 Å². The molecule has 1 amide bonds. The van der Waals surface area contributed by atoms with E-state index in [1.54, 1.807) is 12.1 Å². The molecule has 21 heavy (non-hydrogen) atoms. The van der Waals surface area contributed by atoms with E-state index < -0.39 is 5.97 Å². The smallest absolute Gasteiger partial charge is 0.337 e. The average Bonchev–Trinajstić information content (AvgIpc) is 2.48. The van der Waals surface area contributed by atoms with Crippen molar-refractivity contribution in [3.05, 3.63) is 28.8 Å². The van der Waals surface area contributed by atoms with Gasteiger partial charge >= 0.3 is 5.97 Å². The van der Waals surface area contributed by atoms with E-state index in [1.807, 2.05) is 0 Å². The van der Waals surface area contributed by atoms with Crippen LogP contribution < -0.4 is 10.6 Å². The van der Waals surface area contributed by atoms with Gasteiger partial charge in [-0.15, -0.1) is 0 Å². The van der Waals surface area contributed by atoms with Crippen molar-refractivity contribution in [2.24, 2.45) is 0 Å². The lowest BCUT2D eigenvalue weighted by atomic mass is 10.2. The van der Waals surface area contributed by atoms with E-state index in [0.717, 1.165) is 19.4 Å². The molecule has 0 aliphatic rings. The molecule has 0 unspecified atom stereocenters. The number of anilines is 1. The van der Waals surface area contributed by atoms with Crippen LogP contribution in [-0.2, 0) is 9.53 Å². The van der Waals surface area contributed by atoms with Crippen molar-refractivity contribution >= 4 is 29.2 Å². The Morgan fingerprint density at radius 3 is 2.71 bits per heavy atom. The number of hydrogen-bond acceptors (Lipinski definition) is 4. The Morgan fingerprint density at radius 2 is 2.05 bits per heavy atom. The number of methoxy groups -OCH3 is 1. The van der Waals surface area contributed by atoms with Gasteiger partial charge in [-0.1, -0.05) is 24.9 Å². The molecule has 2 N–H and O–H groups in total. The molecule has 116 valence electrons. The molecular weight excluding hydrogens is 292 g/mol. The van der Waals surface area contributed by atoms with Crippen LogP contribution in [-0.4, -0.2) is 32.1 Å². The summed E-state index contributed by atoms with van der Waals surface area (Å²) < 4.78 is 4.63. The highest BCUT2D eigenvalue weighted by atomic mass is 35.5. The predicted octanol–water partition coefficient (Wildman–Crippen LogP) is 2.84. The molecule has 0 aliphatic carbocycles. The fraction of sp³-hybridized carbons (Fsp3) is 0.467. The lowest BCUT2D eigenvalue weighted by Gasteiger charge is -2.09. The van der Waals surface area contributed by atoms with Gasteiger partial charge in [0.1, 0.15) is 0 Å². The van der Waals surface area contributed by atoms with E-state index in [9.17, 15) is 9.59 Å². The van der Waals surface area contributed by atoms with Crippen molar-refractivity contribution in [2.45, 2.75) is 26.2 Å². The maximum Gasteiger partial charge on any atom is 0.337 e. The van der Waals surface area contributed by atoms with E-state index >= 15 is 0 Å². The Hall–Kier alpha value is -1.59. The van der Waals surface area contributed by atoms with Gasteiger partial charge in [0.15, 0.2) is 0 Å². The first kappa shape index (κ1) is 17.5. The molecule has 0 saturated carbocycles. The number of carbonyl (C=O) groups excluding carboxylic acids is 2. The summed E-state index contributed by atoms with van der Waals surface area (Å²) in [5.74, 6) is -0.619. The molecule has 0 aliphatic heterocycles. The average molecular weight is 313 g/mol. The topological polar surface area (TPSA) is 67.4 Å². The Bertz CT molecular complexity index is 492. The fourth-order valence-electron chi connectivity index (χ4n) is 1.71. The molecule has 0 saturated heterocycles. The first-order chi connectivity index (χ1) is 10.1. The Morgan fingerprint density at radius 1 is 1.29 bits per heavy atom. The number of rotatable bonds is 8. The summed E-state index contributed by atoms with van der Waals surface area (Å²) in [4.78, 5) is 23.3. The van der Waals surface area contributed by atoms with Crippen molar-refractivity contribution in [3.8, 4) is 0 Å². The third kappa shape index (κ3) is 6.14. The molecule has 0 bridgehead atoms. The van der Waals surface area contributed by atoms with Crippen LogP contribution in [0.3, 0.4) is 0 Å². The van der Waals surface area contributed by atoms with Crippen LogP contribution in [0.1, 0.15) is 36.5 Å². The van der Waals surface area contributed by atoms with Gasteiger partial charge < -0.3 is 15.4 Å². The first-order valence-electron chi connectivity index (χ1n) is 6.97. The Labute approximate surface area is 130 Å². The molecule has 0 radical (unpaired) electrons. The minimum absolute atomic E-state index is 0.150. The molecular formula is C15H21ClN2O3. The van der Waals surface area contributed by atoms with Crippen LogP contribution in [0.4, 0.5) is 5.69 Å². The minimum atomic E-state index is -0.469. The van der Waals surface area contributed by atoms with Gasteiger partial charge in [0.2, 0.25) is 5.91 Å². The van der Waals surface area contributed by atoms with E-state index in [4.69, 9.17) is 11.6 Å². The molecule has 1 aromatic rings. The van der Waals surface area contributed by atoms with E-state index in [0.29, 0.717) is 29.2 Å². The van der Waals surface area contributed by atoms with E-state index in [1.165, 1.54) is 13.2 Å². The number of benzene rings is 1. The highest BCUT2D eigenvalue weighted by Gasteiger charge is 2.11. The summed E-state index contributed by atoms with van der Waals surface area (Å²) in [7, 11) is 1.30. The largest absolute Gasteiger partial charge is 0.465 e. The van der Waals surface area contributed by atoms with Gasteiger partial charge in [-0.2, -0.15) is 0 Å². The van der Waals surface area contributed by atoms with E-state index in [2.05, 4.69) is 22.3 Å². The summed E-state index contributed by atoms with van der Waals surface area (Å²) in [5, 5.41) is 6.27. The zero-order valence-corrected chi connectivity index (χ0v) is 13.1. The van der Waals surface area contributed by atoms with Crippen LogP contribution in [0.5, 0.6) is 0 Å². The van der Waals surface area contributed by atoms with Crippen molar-refractivity contribution in [1.82, 2.24) is 5.32 Å². The van der Waals surface area contributed by atoms with Crippen LogP contribution in [0.2, 0.25) is 5.02 Å². The van der Waals surface area contributed by atoms with Gasteiger partial charge in [0.05, 0.1) is 23.4 Å². The zero-order chi connectivity index (χ0) is 15.7. The molecule has 0 spiro atoms. The summed E-state index contributed by atoms with van der Waals surface area (Å²) >= 11 is 6.01. The van der Waals surface area contributed by atoms with Gasteiger partial charge in [-0.25, -0.2) is 4.79 Å². The number of unbranched alkanes of at least 4 members (excludes halogenated alkanes) is 1. The monoisotopic (exact) mass is 312 g/mol. The second-order valence-electron chi connectivity index (χ2n) is 4.59. The van der Waals surface area contributed by atoms with Crippen molar-refractivity contribution < 1.29 is 14.3 Å². The van der Waals surface area contributed by atoms with Crippen LogP contribution in [0.25, 0.3) is 0 Å². The van der Waals surface area contributed by atoms with Gasteiger partial charge in [0, 0.05) is 13.0 Å². The molecule has 0 heterocycles. The lowest BCUT2D eigenvalue weighted by Crippen LogP contribution is -2.22. The summed E-state index contributed by atoms with van der Waals surface area (Å²) in [6, 6.07) is 4.62. The number of halogens is 1. The molecule has 0 aromatic heterocycles. The molecule has 1 rings (SSSR count). The highest BCUT2D eigenvalue weighted by Crippen LogP contribution is 2.23. The van der Waals surface area contributed by atoms with Crippen LogP contribution in [0, 0.1) is 0 Å². The predicted molar refractivity (Wildman–Crippen MR) is 83.8 cm³/mol. The summed E-state index contributed by atoms with van der Waals surface area (Å²) in [6.07, 6.45) is 2.56. The molecule has 0 fully saturated rings. The summed E-state index contributed by atoms with van der Waals surface area (Å²) in [6.45, 7) is 3.63. The van der Waals surface area contributed by atoms with E-state index in [-0.39, 0.29) is 5.91 Å². The zero-order valence-electron chi connectivity index (χ0n) is 12.4. The first-order valence-corrected chi connectivity index (χ1v) is 7.34. The number of amides is 1. The number of nitrogens with one attached hydrogen (secondary N) is 2. The van der Waals surface area contributed by atoms with Crippen molar-refractivity contribution in [3.63, 3.8) is 0 Å². The molecule has 1 aromatic carbocycles. The van der Waals surface area contributed by atoms with Crippen LogP contribution in [0.15, 0.2) is 18.2 Å². The normalized spacial score (nSPS) is 10.2. The fourth-order valence-corrected chi connectivity index (χ4v) is 1.87. The van der Waals surface area contributed by atoms with Crippen molar-refractivity contribution in [1.29, 1.82) is 0 Å². The number of carbonyl (C=O) groups is 2. The third-order valence-corrected chi connectivity index (χ3v) is 3.23. The van der Waals surface area contributed by atoms with Crippen LogP contribution >= 0.6 is 11.6 Å². The molecule has 0 atom stereocenters. The Kier molecular flexibility index (Phi) is 7.79. The molecule has 6 heteroatoms. The quantitative estimate of drug-likeness (QED) is 0.572. The maximum absolute atomic E-state index is 11.8. The minimum Gasteiger partial charge on any atom is -0.465 e.